The molecule has 0 saturated carbocycles. The molecule has 0 radical (unpaired) electrons. The summed E-state index contributed by atoms with van der Waals surface area (Å²) in [6.45, 7) is 6.83. The predicted octanol–water partition coefficient (Wildman–Crippen LogP) is -0.253. The Labute approximate surface area is 108 Å². The number of nitrogens with two attached hydrogens (primary N) is 1. The van der Waals surface area contributed by atoms with Crippen LogP contribution in [0.25, 0.3) is 0 Å². The quantitative estimate of drug-likeness (QED) is 0.644. The normalized spacial score (nSPS) is 18.6. The van der Waals surface area contributed by atoms with E-state index in [0.29, 0.717) is 18.0 Å². The van der Waals surface area contributed by atoms with Gasteiger partial charge in [-0.25, -0.2) is 0 Å². The van der Waals surface area contributed by atoms with E-state index in [1.54, 1.807) is 0 Å². The van der Waals surface area contributed by atoms with Crippen LogP contribution in [0.4, 0.5) is 0 Å². The molecule has 3 N–H and O–H groups in total. The third kappa shape index (κ3) is 5.95. The maximum atomic E-state index is 11.7. The summed E-state index contributed by atoms with van der Waals surface area (Å²) in [4.78, 5) is 14.3. The van der Waals surface area contributed by atoms with Gasteiger partial charge in [-0.15, -0.1) is 0 Å². The van der Waals surface area contributed by atoms with E-state index >= 15 is 0 Å². The van der Waals surface area contributed by atoms with Crippen molar-refractivity contribution in [2.75, 3.05) is 39.4 Å². The summed E-state index contributed by atoms with van der Waals surface area (Å²) in [6.07, 6.45) is 0.471. The number of carbonyl (C=O) groups is 1. The second-order valence-corrected chi connectivity index (χ2v) is 4.84. The third-order valence-corrected chi connectivity index (χ3v) is 2.95. The molecule has 5 nitrogen and oxygen atoms in total. The highest BCUT2D eigenvalue weighted by Crippen LogP contribution is 2.01. The molecule has 1 atom stereocenters. The Morgan fingerprint density at radius 1 is 1.53 bits per heavy atom. The van der Waals surface area contributed by atoms with E-state index in [4.69, 9.17) is 22.7 Å². The zero-order valence-electron chi connectivity index (χ0n) is 10.3. The molecule has 1 amide bonds. The van der Waals surface area contributed by atoms with E-state index in [2.05, 4.69) is 10.2 Å². The number of rotatable bonds is 6. The number of carbonyl (C=O) groups excluding carboxylic acids is 1. The summed E-state index contributed by atoms with van der Waals surface area (Å²) in [5, 5.41) is 2.90. The SMILES string of the molecule is CC(CC(N)=S)C(=O)NCCN1CCOCC1. The lowest BCUT2D eigenvalue weighted by Gasteiger charge is -2.26. The van der Waals surface area contributed by atoms with Gasteiger partial charge < -0.3 is 15.8 Å². The van der Waals surface area contributed by atoms with Crippen LogP contribution in [0.1, 0.15) is 13.3 Å². The molecule has 1 unspecified atom stereocenters. The largest absolute Gasteiger partial charge is 0.393 e. The van der Waals surface area contributed by atoms with Crippen LogP contribution in [-0.2, 0) is 9.53 Å². The molecular formula is C11H21N3O2S. The Balaban J connectivity index is 2.12. The topological polar surface area (TPSA) is 67.6 Å². The van der Waals surface area contributed by atoms with Gasteiger partial charge in [0.2, 0.25) is 5.91 Å². The zero-order chi connectivity index (χ0) is 12.7. The summed E-state index contributed by atoms with van der Waals surface area (Å²) in [5.74, 6) is -0.122. The van der Waals surface area contributed by atoms with Crippen molar-refractivity contribution in [3.05, 3.63) is 0 Å². The predicted molar refractivity (Wildman–Crippen MR) is 70.8 cm³/mol. The number of thiocarbonyl (C=S) groups is 1. The summed E-state index contributed by atoms with van der Waals surface area (Å²) in [6, 6.07) is 0. The lowest BCUT2D eigenvalue weighted by atomic mass is 10.1. The van der Waals surface area contributed by atoms with Crippen LogP contribution >= 0.6 is 12.2 Å². The van der Waals surface area contributed by atoms with Crippen molar-refractivity contribution in [2.45, 2.75) is 13.3 Å². The molecule has 17 heavy (non-hydrogen) atoms. The van der Waals surface area contributed by atoms with Crippen LogP contribution in [0.2, 0.25) is 0 Å². The fourth-order valence-electron chi connectivity index (χ4n) is 1.73. The van der Waals surface area contributed by atoms with E-state index in [1.807, 2.05) is 6.92 Å². The number of ether oxygens (including phenoxy) is 1. The molecule has 1 saturated heterocycles. The molecule has 0 bridgehead atoms. The number of hydrogen-bond acceptors (Lipinski definition) is 4. The van der Waals surface area contributed by atoms with E-state index in [1.165, 1.54) is 0 Å². The second-order valence-electron chi connectivity index (χ2n) is 4.32. The monoisotopic (exact) mass is 259 g/mol. The van der Waals surface area contributed by atoms with Crippen molar-refractivity contribution >= 4 is 23.1 Å². The minimum atomic E-state index is -0.141. The van der Waals surface area contributed by atoms with Gasteiger partial charge in [-0.3, -0.25) is 9.69 Å². The smallest absolute Gasteiger partial charge is 0.223 e. The zero-order valence-corrected chi connectivity index (χ0v) is 11.1. The molecule has 0 aliphatic carbocycles. The summed E-state index contributed by atoms with van der Waals surface area (Å²) in [5.41, 5.74) is 5.41. The minimum absolute atomic E-state index is 0.0195. The molecule has 1 aliphatic heterocycles. The van der Waals surface area contributed by atoms with E-state index in [-0.39, 0.29) is 11.8 Å². The van der Waals surface area contributed by atoms with E-state index in [9.17, 15) is 4.79 Å². The first-order valence-corrected chi connectivity index (χ1v) is 6.36. The first-order valence-electron chi connectivity index (χ1n) is 5.95. The summed E-state index contributed by atoms with van der Waals surface area (Å²) < 4.78 is 5.25. The maximum Gasteiger partial charge on any atom is 0.223 e. The molecule has 0 aromatic heterocycles. The summed E-state index contributed by atoms with van der Waals surface area (Å²) in [7, 11) is 0. The molecule has 6 heteroatoms. The average Bonchev–Trinajstić information content (AvgIpc) is 2.29. The van der Waals surface area contributed by atoms with Crippen LogP contribution in [0.3, 0.4) is 0 Å². The Morgan fingerprint density at radius 3 is 2.76 bits per heavy atom. The Bertz CT molecular complexity index is 267. The van der Waals surface area contributed by atoms with Gasteiger partial charge in [0.1, 0.15) is 0 Å². The van der Waals surface area contributed by atoms with Crippen LogP contribution < -0.4 is 11.1 Å². The number of morpholine rings is 1. The fraction of sp³-hybridized carbons (Fsp3) is 0.818. The maximum absolute atomic E-state index is 11.7. The van der Waals surface area contributed by atoms with Gasteiger partial charge in [0.05, 0.1) is 18.2 Å². The lowest BCUT2D eigenvalue weighted by molar-refractivity contribution is -0.124. The minimum Gasteiger partial charge on any atom is -0.393 e. The van der Waals surface area contributed by atoms with Crippen LogP contribution in [0, 0.1) is 5.92 Å². The van der Waals surface area contributed by atoms with Crippen LogP contribution in [-0.4, -0.2) is 55.2 Å². The van der Waals surface area contributed by atoms with Crippen molar-refractivity contribution in [3.63, 3.8) is 0 Å². The van der Waals surface area contributed by atoms with Crippen molar-refractivity contribution in [1.29, 1.82) is 0 Å². The van der Waals surface area contributed by atoms with E-state index in [0.717, 1.165) is 32.8 Å². The molecule has 0 aromatic carbocycles. The van der Waals surface area contributed by atoms with E-state index < -0.39 is 0 Å². The van der Waals surface area contributed by atoms with Crippen molar-refractivity contribution in [2.24, 2.45) is 11.7 Å². The van der Waals surface area contributed by atoms with Gasteiger partial charge in [-0.05, 0) is 0 Å². The Hall–Kier alpha value is -0.720. The highest BCUT2D eigenvalue weighted by Gasteiger charge is 2.14. The first-order chi connectivity index (χ1) is 8.09. The molecule has 1 aliphatic rings. The molecule has 98 valence electrons. The molecule has 1 fully saturated rings. The molecule has 0 spiro atoms. The van der Waals surface area contributed by atoms with Gasteiger partial charge in [0, 0.05) is 38.5 Å². The number of nitrogens with one attached hydrogen (secondary N) is 1. The first kappa shape index (κ1) is 14.3. The molecular weight excluding hydrogens is 238 g/mol. The Morgan fingerprint density at radius 2 is 2.18 bits per heavy atom. The van der Waals surface area contributed by atoms with Crippen molar-refractivity contribution < 1.29 is 9.53 Å². The van der Waals surface area contributed by atoms with Gasteiger partial charge in [-0.1, -0.05) is 19.1 Å². The van der Waals surface area contributed by atoms with Crippen molar-refractivity contribution in [3.8, 4) is 0 Å². The fourth-order valence-corrected chi connectivity index (χ4v) is 1.98. The number of nitrogens with zero attached hydrogens (tertiary/aromatic N) is 1. The van der Waals surface area contributed by atoms with Crippen LogP contribution in [0.15, 0.2) is 0 Å². The summed E-state index contributed by atoms with van der Waals surface area (Å²) >= 11 is 4.78. The standard InChI is InChI=1S/C11H21N3O2S/c1-9(8-10(12)17)11(15)13-2-3-14-4-6-16-7-5-14/h9H,2-8H2,1H3,(H2,12,17)(H,13,15). The molecule has 1 heterocycles. The number of amides is 1. The van der Waals surface area contributed by atoms with Gasteiger partial charge in [0.25, 0.3) is 0 Å². The van der Waals surface area contributed by atoms with Crippen LogP contribution in [0.5, 0.6) is 0 Å². The second kappa shape index (κ2) is 7.58. The van der Waals surface area contributed by atoms with Gasteiger partial charge in [-0.2, -0.15) is 0 Å². The third-order valence-electron chi connectivity index (χ3n) is 2.79. The molecule has 0 aromatic rings. The number of hydrogen-bond donors (Lipinski definition) is 2. The lowest BCUT2D eigenvalue weighted by Crippen LogP contribution is -2.42. The Kier molecular flexibility index (Phi) is 6.39. The average molecular weight is 259 g/mol. The molecule has 1 rings (SSSR count). The van der Waals surface area contributed by atoms with Crippen molar-refractivity contribution in [1.82, 2.24) is 10.2 Å². The van der Waals surface area contributed by atoms with Gasteiger partial charge in [0.15, 0.2) is 0 Å². The highest BCUT2D eigenvalue weighted by molar-refractivity contribution is 7.80. The van der Waals surface area contributed by atoms with Gasteiger partial charge >= 0.3 is 0 Å². The highest BCUT2D eigenvalue weighted by atomic mass is 32.1.